The van der Waals surface area contributed by atoms with Crippen LogP contribution in [0.1, 0.15) is 33.6 Å². The van der Waals surface area contributed by atoms with Crippen molar-refractivity contribution in [3.8, 4) is 0 Å². The molecule has 2 heterocycles. The van der Waals surface area contributed by atoms with Gasteiger partial charge in [-0.3, -0.25) is 4.90 Å². The number of aliphatic hydroxyl groups excluding tert-OH is 1. The molecule has 0 aromatic heterocycles. The van der Waals surface area contributed by atoms with E-state index in [0.717, 1.165) is 19.4 Å². The molecule has 2 fully saturated rings. The van der Waals surface area contributed by atoms with Gasteiger partial charge in [-0.1, -0.05) is 0 Å². The fourth-order valence-corrected chi connectivity index (χ4v) is 2.72. The Bertz CT molecular complexity index is 301. The van der Waals surface area contributed by atoms with E-state index in [2.05, 4.69) is 5.32 Å². The second-order valence-corrected chi connectivity index (χ2v) is 5.88. The van der Waals surface area contributed by atoms with Crippen LogP contribution < -0.4 is 5.32 Å². The highest BCUT2D eigenvalue weighted by atomic mass is 16.6. The summed E-state index contributed by atoms with van der Waals surface area (Å²) in [7, 11) is 0. The Balaban J connectivity index is 2.07. The van der Waals surface area contributed by atoms with E-state index in [4.69, 9.17) is 4.74 Å². The number of nitrogens with zero attached hydrogens (tertiary/aromatic N) is 1. The lowest BCUT2D eigenvalue weighted by atomic mass is 10.1. The highest BCUT2D eigenvalue weighted by Gasteiger charge is 2.45. The number of fused-ring (bicyclic) bond motifs is 2. The second kappa shape index (κ2) is 4.46. The topological polar surface area (TPSA) is 61.8 Å². The number of hydrogen-bond acceptors (Lipinski definition) is 4. The number of aliphatic hydroxyl groups is 1. The molecule has 5 heteroatoms. The lowest BCUT2D eigenvalue weighted by Gasteiger charge is -2.40. The summed E-state index contributed by atoms with van der Waals surface area (Å²) in [4.78, 5) is 14.0. The number of nitrogens with one attached hydrogen (secondary N) is 1. The lowest BCUT2D eigenvalue weighted by Crippen LogP contribution is -2.61. The Morgan fingerprint density at radius 2 is 2.18 bits per heavy atom. The molecule has 98 valence electrons. The van der Waals surface area contributed by atoms with Crippen molar-refractivity contribution in [2.24, 2.45) is 0 Å². The number of carbonyl (C=O) groups is 1. The fraction of sp³-hybridized carbons (Fsp3) is 0.917. The molecule has 1 unspecified atom stereocenters. The minimum Gasteiger partial charge on any atom is -0.444 e. The Labute approximate surface area is 102 Å². The molecular weight excluding hydrogens is 220 g/mol. The van der Waals surface area contributed by atoms with Crippen LogP contribution in [-0.2, 0) is 4.74 Å². The highest BCUT2D eigenvalue weighted by Crippen LogP contribution is 2.31. The van der Waals surface area contributed by atoms with E-state index in [-0.39, 0.29) is 30.8 Å². The minimum absolute atomic E-state index is 0.0127. The van der Waals surface area contributed by atoms with Crippen molar-refractivity contribution >= 4 is 6.09 Å². The Morgan fingerprint density at radius 3 is 2.76 bits per heavy atom. The fourth-order valence-electron chi connectivity index (χ4n) is 2.72. The first kappa shape index (κ1) is 12.6. The van der Waals surface area contributed by atoms with Crippen molar-refractivity contribution < 1.29 is 14.6 Å². The molecule has 0 aliphatic carbocycles. The molecule has 2 aliphatic heterocycles. The van der Waals surface area contributed by atoms with Crippen molar-refractivity contribution in [2.45, 2.75) is 57.3 Å². The van der Waals surface area contributed by atoms with Crippen LogP contribution in [0.3, 0.4) is 0 Å². The van der Waals surface area contributed by atoms with Crippen LogP contribution >= 0.6 is 0 Å². The number of piperazine rings is 1. The molecule has 0 aromatic rings. The van der Waals surface area contributed by atoms with Gasteiger partial charge in [-0.05, 0) is 33.6 Å². The third-order valence-corrected chi connectivity index (χ3v) is 3.43. The third kappa shape index (κ3) is 2.55. The zero-order valence-corrected chi connectivity index (χ0v) is 10.8. The van der Waals surface area contributed by atoms with E-state index >= 15 is 0 Å². The lowest BCUT2D eigenvalue weighted by molar-refractivity contribution is 0.000412. The number of carbonyl (C=O) groups excluding carboxylic acids is 1. The predicted molar refractivity (Wildman–Crippen MR) is 63.8 cm³/mol. The van der Waals surface area contributed by atoms with Gasteiger partial charge in [0, 0.05) is 12.6 Å². The Hall–Kier alpha value is -0.810. The average Bonchev–Trinajstić information content (AvgIpc) is 2.52. The van der Waals surface area contributed by atoms with Crippen molar-refractivity contribution in [3.63, 3.8) is 0 Å². The molecule has 3 atom stereocenters. The maximum Gasteiger partial charge on any atom is 0.410 e. The van der Waals surface area contributed by atoms with Gasteiger partial charge < -0.3 is 15.2 Å². The van der Waals surface area contributed by atoms with Crippen LogP contribution in [0.2, 0.25) is 0 Å². The first-order chi connectivity index (χ1) is 7.92. The average molecular weight is 242 g/mol. The van der Waals surface area contributed by atoms with Crippen molar-refractivity contribution in [3.05, 3.63) is 0 Å². The van der Waals surface area contributed by atoms with Gasteiger partial charge in [0.1, 0.15) is 5.60 Å². The summed E-state index contributed by atoms with van der Waals surface area (Å²) in [5.74, 6) is 0. The first-order valence-corrected chi connectivity index (χ1v) is 6.28. The van der Waals surface area contributed by atoms with E-state index in [1.807, 2.05) is 25.7 Å². The maximum atomic E-state index is 12.1. The molecule has 0 spiro atoms. The smallest absolute Gasteiger partial charge is 0.410 e. The van der Waals surface area contributed by atoms with Gasteiger partial charge in [-0.25, -0.2) is 4.79 Å². The van der Waals surface area contributed by atoms with E-state index in [1.54, 1.807) is 0 Å². The SMILES string of the molecule is CC(C)(C)OC(=O)N1[C@H]2CC[C@@H]1C(CO)NC2. The number of amides is 1. The molecule has 2 N–H and O–H groups in total. The van der Waals surface area contributed by atoms with Gasteiger partial charge >= 0.3 is 6.09 Å². The molecule has 5 nitrogen and oxygen atoms in total. The summed E-state index contributed by atoms with van der Waals surface area (Å²) in [6.45, 7) is 6.44. The highest BCUT2D eigenvalue weighted by molar-refractivity contribution is 5.70. The largest absolute Gasteiger partial charge is 0.444 e. The van der Waals surface area contributed by atoms with Gasteiger partial charge in [0.05, 0.1) is 18.7 Å². The summed E-state index contributed by atoms with van der Waals surface area (Å²) >= 11 is 0. The van der Waals surface area contributed by atoms with E-state index in [1.165, 1.54) is 0 Å². The van der Waals surface area contributed by atoms with Crippen molar-refractivity contribution in [2.75, 3.05) is 13.2 Å². The van der Waals surface area contributed by atoms with Gasteiger partial charge in [-0.15, -0.1) is 0 Å². The normalized spacial score (nSPS) is 32.7. The minimum atomic E-state index is -0.462. The predicted octanol–water partition coefficient (Wildman–Crippen LogP) is 0.719. The number of ether oxygens (including phenoxy) is 1. The molecular formula is C12H22N2O3. The molecule has 2 bridgehead atoms. The molecule has 0 radical (unpaired) electrons. The number of hydrogen-bond donors (Lipinski definition) is 2. The molecule has 17 heavy (non-hydrogen) atoms. The molecule has 2 rings (SSSR count). The molecule has 1 amide bonds. The van der Waals surface area contributed by atoms with Crippen molar-refractivity contribution in [1.82, 2.24) is 10.2 Å². The van der Waals surface area contributed by atoms with Gasteiger partial charge in [0.15, 0.2) is 0 Å². The molecule has 2 saturated heterocycles. The quantitative estimate of drug-likeness (QED) is 0.711. The summed E-state index contributed by atoms with van der Waals surface area (Å²) in [5, 5.41) is 12.6. The maximum absolute atomic E-state index is 12.1. The Kier molecular flexibility index (Phi) is 3.32. The standard InChI is InChI=1S/C12H22N2O3/c1-12(2,3)17-11(16)14-8-4-5-10(14)9(7-15)13-6-8/h8-10,13,15H,4-7H2,1-3H3/t8-,9?,10+/m0/s1. The Morgan fingerprint density at radius 1 is 1.47 bits per heavy atom. The number of rotatable bonds is 1. The molecule has 0 saturated carbocycles. The van der Waals surface area contributed by atoms with Crippen LogP contribution in [0.25, 0.3) is 0 Å². The zero-order chi connectivity index (χ0) is 12.6. The van der Waals surface area contributed by atoms with Crippen molar-refractivity contribution in [1.29, 1.82) is 0 Å². The van der Waals surface area contributed by atoms with Crippen LogP contribution in [0.4, 0.5) is 4.79 Å². The van der Waals surface area contributed by atoms with E-state index in [9.17, 15) is 9.90 Å². The zero-order valence-electron chi connectivity index (χ0n) is 10.8. The summed E-state index contributed by atoms with van der Waals surface area (Å²) in [6.07, 6.45) is 1.69. The van der Waals surface area contributed by atoms with E-state index < -0.39 is 5.60 Å². The molecule has 2 aliphatic rings. The van der Waals surface area contributed by atoms with E-state index in [0.29, 0.717) is 0 Å². The summed E-state index contributed by atoms with van der Waals surface area (Å²) < 4.78 is 5.43. The van der Waals surface area contributed by atoms with Gasteiger partial charge in [0.25, 0.3) is 0 Å². The third-order valence-electron chi connectivity index (χ3n) is 3.43. The van der Waals surface area contributed by atoms with Crippen LogP contribution in [-0.4, -0.2) is 53.0 Å². The van der Waals surface area contributed by atoms with Gasteiger partial charge in [0.2, 0.25) is 0 Å². The van der Waals surface area contributed by atoms with Gasteiger partial charge in [-0.2, -0.15) is 0 Å². The van der Waals surface area contributed by atoms with Crippen LogP contribution in [0.15, 0.2) is 0 Å². The monoisotopic (exact) mass is 242 g/mol. The summed E-state index contributed by atoms with van der Waals surface area (Å²) in [6, 6.07) is 0.285. The second-order valence-electron chi connectivity index (χ2n) is 5.88. The summed E-state index contributed by atoms with van der Waals surface area (Å²) in [5.41, 5.74) is -0.462. The molecule has 0 aromatic carbocycles. The first-order valence-electron chi connectivity index (χ1n) is 6.28. The van der Waals surface area contributed by atoms with Crippen LogP contribution in [0.5, 0.6) is 0 Å². The van der Waals surface area contributed by atoms with Crippen LogP contribution in [0, 0.1) is 0 Å².